The molecule has 1 N–H and O–H groups in total. The number of amides is 3. The molecule has 1 unspecified atom stereocenters. The van der Waals surface area contributed by atoms with Crippen molar-refractivity contribution in [3.8, 4) is 0 Å². The van der Waals surface area contributed by atoms with E-state index in [0.717, 1.165) is 43.4 Å². The number of carbonyl (C=O) groups excluding carboxylic acids is 3. The maximum absolute atomic E-state index is 12.5. The van der Waals surface area contributed by atoms with Crippen molar-refractivity contribution in [2.24, 2.45) is 17.3 Å². The molecule has 0 aromatic rings. The fourth-order valence-electron chi connectivity index (χ4n) is 4.20. The van der Waals surface area contributed by atoms with Gasteiger partial charge in [-0.1, -0.05) is 20.8 Å². The van der Waals surface area contributed by atoms with E-state index in [2.05, 4.69) is 26.1 Å². The number of carbonyl (C=O) groups is 3. The average Bonchev–Trinajstić information content (AvgIpc) is 3.33. The topological polar surface area (TPSA) is 75.7 Å². The van der Waals surface area contributed by atoms with E-state index in [9.17, 15) is 14.4 Å². The smallest absolute Gasteiger partial charge is 0.326 e. The van der Waals surface area contributed by atoms with Crippen LogP contribution in [0.15, 0.2) is 0 Å². The molecule has 1 atom stereocenters. The van der Waals surface area contributed by atoms with Crippen molar-refractivity contribution in [2.75, 3.05) is 6.54 Å². The lowest BCUT2D eigenvalue weighted by atomic mass is 9.72. The molecule has 3 fully saturated rings. The van der Waals surface area contributed by atoms with Gasteiger partial charge in [0.05, 0.1) is 0 Å². The van der Waals surface area contributed by atoms with Gasteiger partial charge >= 0.3 is 12.0 Å². The molecular formula is C19H30N2O4. The number of rotatable bonds is 4. The standard InChI is InChI=1S/C19H30N2O4/c1-18(2,3)12-7-9-14(10-8-12)25-15(22)11-21-16(23)19(4,13-5-6-13)20-17(21)24/h12-14H,5-11H2,1-4H3,(H,20,24). The molecule has 25 heavy (non-hydrogen) atoms. The summed E-state index contributed by atoms with van der Waals surface area (Å²) < 4.78 is 5.54. The molecule has 6 nitrogen and oxygen atoms in total. The predicted octanol–water partition coefficient (Wildman–Crippen LogP) is 2.86. The summed E-state index contributed by atoms with van der Waals surface area (Å²) in [7, 11) is 0. The van der Waals surface area contributed by atoms with Crippen molar-refractivity contribution in [3.05, 3.63) is 0 Å². The van der Waals surface area contributed by atoms with Crippen LogP contribution in [0.1, 0.15) is 66.2 Å². The average molecular weight is 350 g/mol. The SMILES string of the molecule is CC(C)(C)C1CCC(OC(=O)CN2C(=O)NC(C)(C3CC3)C2=O)CC1. The van der Waals surface area contributed by atoms with E-state index in [0.29, 0.717) is 5.92 Å². The largest absolute Gasteiger partial charge is 0.461 e. The number of imide groups is 1. The first-order valence-electron chi connectivity index (χ1n) is 9.45. The Kier molecular flexibility index (Phi) is 4.58. The van der Waals surface area contributed by atoms with Crippen LogP contribution < -0.4 is 5.32 Å². The molecule has 1 aliphatic heterocycles. The summed E-state index contributed by atoms with van der Waals surface area (Å²) in [4.78, 5) is 37.9. The maximum Gasteiger partial charge on any atom is 0.326 e. The second-order valence-electron chi connectivity index (χ2n) is 9.13. The summed E-state index contributed by atoms with van der Waals surface area (Å²) in [5.41, 5.74) is -0.565. The normalized spacial score (nSPS) is 33.4. The van der Waals surface area contributed by atoms with E-state index in [1.165, 1.54) is 0 Å². The Morgan fingerprint density at radius 2 is 1.76 bits per heavy atom. The maximum atomic E-state index is 12.5. The van der Waals surface area contributed by atoms with Crippen molar-refractivity contribution in [1.29, 1.82) is 0 Å². The molecule has 0 bridgehead atoms. The van der Waals surface area contributed by atoms with E-state index >= 15 is 0 Å². The van der Waals surface area contributed by atoms with Gasteiger partial charge in [-0.3, -0.25) is 14.5 Å². The molecule has 2 saturated carbocycles. The zero-order valence-electron chi connectivity index (χ0n) is 15.8. The Hall–Kier alpha value is -1.59. The number of esters is 1. The number of ether oxygens (including phenoxy) is 1. The Labute approximate surface area is 149 Å². The molecule has 0 aromatic heterocycles. The van der Waals surface area contributed by atoms with E-state index in [1.54, 1.807) is 6.92 Å². The van der Waals surface area contributed by atoms with Gasteiger partial charge in [0.25, 0.3) is 5.91 Å². The first-order chi connectivity index (χ1) is 11.6. The predicted molar refractivity (Wildman–Crippen MR) is 92.7 cm³/mol. The van der Waals surface area contributed by atoms with Crippen LogP contribution in [0.3, 0.4) is 0 Å². The minimum atomic E-state index is -0.845. The lowest BCUT2D eigenvalue weighted by Gasteiger charge is -2.36. The quantitative estimate of drug-likeness (QED) is 0.625. The molecule has 3 aliphatic rings. The van der Waals surface area contributed by atoms with Crippen molar-refractivity contribution in [3.63, 3.8) is 0 Å². The summed E-state index contributed by atoms with van der Waals surface area (Å²) in [5, 5.41) is 2.75. The molecule has 6 heteroatoms. The van der Waals surface area contributed by atoms with Crippen LogP contribution in [-0.2, 0) is 14.3 Å². The Balaban J connectivity index is 1.50. The highest BCUT2D eigenvalue weighted by molar-refractivity contribution is 6.08. The van der Waals surface area contributed by atoms with Gasteiger partial charge in [0.15, 0.2) is 0 Å². The summed E-state index contributed by atoms with van der Waals surface area (Å²) in [5.74, 6) is 0.0569. The van der Waals surface area contributed by atoms with Gasteiger partial charge in [-0.25, -0.2) is 4.79 Å². The van der Waals surface area contributed by atoms with Crippen LogP contribution in [0.4, 0.5) is 4.79 Å². The number of urea groups is 1. The van der Waals surface area contributed by atoms with Crippen LogP contribution in [-0.4, -0.2) is 41.0 Å². The van der Waals surface area contributed by atoms with Gasteiger partial charge in [0, 0.05) is 0 Å². The van der Waals surface area contributed by atoms with Crippen molar-refractivity contribution < 1.29 is 19.1 Å². The lowest BCUT2D eigenvalue weighted by molar-refractivity contribution is -0.154. The minimum Gasteiger partial charge on any atom is -0.461 e. The molecular weight excluding hydrogens is 320 g/mol. The van der Waals surface area contributed by atoms with Gasteiger partial charge in [-0.05, 0) is 62.7 Å². The zero-order valence-corrected chi connectivity index (χ0v) is 15.8. The molecule has 0 radical (unpaired) electrons. The Morgan fingerprint density at radius 1 is 1.16 bits per heavy atom. The minimum absolute atomic E-state index is 0.0957. The van der Waals surface area contributed by atoms with E-state index in [1.807, 2.05) is 0 Å². The highest BCUT2D eigenvalue weighted by atomic mass is 16.5. The fourth-order valence-corrected chi connectivity index (χ4v) is 4.20. The van der Waals surface area contributed by atoms with Crippen molar-refractivity contribution >= 4 is 17.9 Å². The van der Waals surface area contributed by atoms with Gasteiger partial charge in [0.1, 0.15) is 18.2 Å². The summed E-state index contributed by atoms with van der Waals surface area (Å²) in [6.45, 7) is 8.21. The van der Waals surface area contributed by atoms with Crippen molar-refractivity contribution in [1.82, 2.24) is 10.2 Å². The molecule has 0 spiro atoms. The first kappa shape index (κ1) is 18.2. The van der Waals surface area contributed by atoms with Crippen LogP contribution >= 0.6 is 0 Å². The Bertz CT molecular complexity index is 570. The molecule has 0 aromatic carbocycles. The summed E-state index contributed by atoms with van der Waals surface area (Å²) in [6.07, 6.45) is 5.59. The third kappa shape index (κ3) is 3.67. The summed E-state index contributed by atoms with van der Waals surface area (Å²) in [6, 6.07) is -0.479. The van der Waals surface area contributed by atoms with Crippen LogP contribution in [0.2, 0.25) is 0 Å². The number of nitrogens with one attached hydrogen (secondary N) is 1. The van der Waals surface area contributed by atoms with Crippen LogP contribution in [0, 0.1) is 17.3 Å². The molecule has 1 saturated heterocycles. The first-order valence-corrected chi connectivity index (χ1v) is 9.45. The van der Waals surface area contributed by atoms with E-state index in [-0.39, 0.29) is 29.9 Å². The number of hydrogen-bond donors (Lipinski definition) is 1. The number of hydrogen-bond acceptors (Lipinski definition) is 4. The third-order valence-electron chi connectivity index (χ3n) is 6.18. The molecule has 1 heterocycles. The van der Waals surface area contributed by atoms with Gasteiger partial charge in [-0.2, -0.15) is 0 Å². The van der Waals surface area contributed by atoms with Crippen LogP contribution in [0.25, 0.3) is 0 Å². The highest BCUT2D eigenvalue weighted by Crippen LogP contribution is 2.42. The fraction of sp³-hybridized carbons (Fsp3) is 0.842. The highest BCUT2D eigenvalue weighted by Gasteiger charge is 2.56. The molecule has 140 valence electrons. The van der Waals surface area contributed by atoms with E-state index < -0.39 is 17.5 Å². The molecule has 3 rings (SSSR count). The lowest BCUT2D eigenvalue weighted by Crippen LogP contribution is -2.46. The second-order valence-corrected chi connectivity index (χ2v) is 9.13. The number of nitrogens with zero attached hydrogens (tertiary/aromatic N) is 1. The summed E-state index contributed by atoms with van der Waals surface area (Å²) >= 11 is 0. The molecule has 3 amide bonds. The zero-order chi connectivity index (χ0) is 18.4. The van der Waals surface area contributed by atoms with Gasteiger partial charge in [-0.15, -0.1) is 0 Å². The van der Waals surface area contributed by atoms with Gasteiger partial charge in [0.2, 0.25) is 0 Å². The monoisotopic (exact) mass is 350 g/mol. The van der Waals surface area contributed by atoms with E-state index in [4.69, 9.17) is 4.74 Å². The molecule has 2 aliphatic carbocycles. The second kappa shape index (κ2) is 6.29. The van der Waals surface area contributed by atoms with Crippen LogP contribution in [0.5, 0.6) is 0 Å². The van der Waals surface area contributed by atoms with Crippen molar-refractivity contribution in [2.45, 2.75) is 77.9 Å². The van der Waals surface area contributed by atoms with Gasteiger partial charge < -0.3 is 10.1 Å². The third-order valence-corrected chi connectivity index (χ3v) is 6.18. The Morgan fingerprint density at radius 3 is 2.28 bits per heavy atom.